The fraction of sp³-hybridized carbons (Fsp3) is 0.500. The van der Waals surface area contributed by atoms with E-state index in [-0.39, 0.29) is 23.7 Å². The predicted molar refractivity (Wildman–Crippen MR) is 134 cm³/mol. The minimum absolute atomic E-state index is 0.0781. The van der Waals surface area contributed by atoms with Gasteiger partial charge in [-0.05, 0) is 57.0 Å². The van der Waals surface area contributed by atoms with E-state index in [9.17, 15) is 4.79 Å². The Morgan fingerprint density at radius 3 is 2.21 bits per heavy atom. The van der Waals surface area contributed by atoms with Crippen LogP contribution in [0, 0.1) is 11.8 Å². The first-order chi connectivity index (χ1) is 16.4. The van der Waals surface area contributed by atoms with Crippen molar-refractivity contribution >= 4 is 40.8 Å². The zero-order valence-corrected chi connectivity index (χ0v) is 20.8. The molecule has 2 saturated heterocycles. The Hall–Kier alpha value is -2.42. The molecule has 4 rings (SSSR count). The summed E-state index contributed by atoms with van der Waals surface area (Å²) in [6.07, 6.45) is 6.92. The number of piperidine rings is 2. The van der Waals surface area contributed by atoms with Gasteiger partial charge in [-0.3, -0.25) is 9.69 Å². The van der Waals surface area contributed by atoms with Crippen molar-refractivity contribution in [1.82, 2.24) is 19.8 Å². The number of anilines is 1. The van der Waals surface area contributed by atoms with Gasteiger partial charge in [0.05, 0.1) is 5.71 Å². The molecule has 182 valence electrons. The van der Waals surface area contributed by atoms with Crippen molar-refractivity contribution < 1.29 is 9.63 Å². The minimum atomic E-state index is 0.0781. The molecule has 3 heterocycles. The Kier molecular flexibility index (Phi) is 8.24. The van der Waals surface area contributed by atoms with Crippen LogP contribution in [0.2, 0.25) is 10.0 Å². The molecule has 2 fully saturated rings. The maximum Gasteiger partial charge on any atom is 0.225 e. The van der Waals surface area contributed by atoms with E-state index in [2.05, 4.69) is 20.0 Å². The molecule has 2 aliphatic rings. The maximum absolute atomic E-state index is 13.2. The summed E-state index contributed by atoms with van der Waals surface area (Å²) in [6, 6.07) is 5.41. The number of nitrogens with two attached hydrogens (primary N) is 1. The van der Waals surface area contributed by atoms with Crippen LogP contribution in [0.4, 0.5) is 5.95 Å². The van der Waals surface area contributed by atoms with Gasteiger partial charge in [0.25, 0.3) is 0 Å². The van der Waals surface area contributed by atoms with E-state index in [0.717, 1.165) is 62.2 Å². The van der Waals surface area contributed by atoms with Gasteiger partial charge in [-0.2, -0.15) is 0 Å². The topological polar surface area (TPSA) is 96.9 Å². The van der Waals surface area contributed by atoms with Gasteiger partial charge in [0, 0.05) is 65.0 Å². The molecule has 34 heavy (non-hydrogen) atoms. The van der Waals surface area contributed by atoms with Crippen LogP contribution in [-0.4, -0.2) is 64.7 Å². The van der Waals surface area contributed by atoms with Crippen LogP contribution in [0.1, 0.15) is 36.8 Å². The number of amides is 1. The fourth-order valence-electron chi connectivity index (χ4n) is 4.84. The molecule has 0 unspecified atom stereocenters. The maximum atomic E-state index is 13.2. The lowest BCUT2D eigenvalue weighted by Crippen LogP contribution is -2.46. The lowest BCUT2D eigenvalue weighted by atomic mass is 9.87. The van der Waals surface area contributed by atoms with Gasteiger partial charge >= 0.3 is 0 Å². The lowest BCUT2D eigenvalue weighted by Gasteiger charge is -2.37. The molecule has 8 nitrogen and oxygen atoms in total. The van der Waals surface area contributed by atoms with Crippen LogP contribution >= 0.6 is 23.2 Å². The van der Waals surface area contributed by atoms with E-state index < -0.39 is 0 Å². The molecule has 0 saturated carbocycles. The number of aromatic nitrogens is 2. The number of halogens is 2. The Balaban J connectivity index is 1.29. The second kappa shape index (κ2) is 11.3. The number of carbonyl (C=O) groups excluding carboxylic acids is 1. The van der Waals surface area contributed by atoms with E-state index in [4.69, 9.17) is 33.8 Å². The molecule has 2 N–H and O–H groups in total. The summed E-state index contributed by atoms with van der Waals surface area (Å²) in [5, 5.41) is 5.41. The van der Waals surface area contributed by atoms with Crippen LogP contribution in [0.5, 0.6) is 0 Å². The standard InChI is InChI=1S/C24H30Cl2N6O2/c1-34-30-22(19-10-20(25)12-21(26)11-19)17-4-8-32(9-5-17)23(33)18-2-6-31(7-3-18)15-16-13-28-24(27)29-14-16/h10-14,17-18H,2-9,15H2,1H3,(H2,27,28,29)/b30-22-. The number of nitrogens with zero attached hydrogens (tertiary/aromatic N) is 5. The van der Waals surface area contributed by atoms with E-state index in [1.807, 2.05) is 17.0 Å². The van der Waals surface area contributed by atoms with Crippen LogP contribution in [0.15, 0.2) is 35.7 Å². The second-order valence-corrected chi connectivity index (χ2v) is 9.79. The molecule has 0 radical (unpaired) electrons. The van der Waals surface area contributed by atoms with Gasteiger partial charge in [0.15, 0.2) is 0 Å². The van der Waals surface area contributed by atoms with E-state index in [0.29, 0.717) is 23.1 Å². The summed E-state index contributed by atoms with van der Waals surface area (Å²) in [4.78, 5) is 30.8. The number of rotatable bonds is 6. The summed E-state index contributed by atoms with van der Waals surface area (Å²) < 4.78 is 0. The number of carbonyl (C=O) groups is 1. The average Bonchev–Trinajstić information content (AvgIpc) is 2.83. The first-order valence-corrected chi connectivity index (χ1v) is 12.3. The third-order valence-corrected chi connectivity index (χ3v) is 7.05. The quantitative estimate of drug-likeness (QED) is 0.473. The molecular formula is C24H30Cl2N6O2. The number of nitrogen functional groups attached to an aromatic ring is 1. The summed E-state index contributed by atoms with van der Waals surface area (Å²) in [6.45, 7) is 3.98. The Morgan fingerprint density at radius 1 is 1.03 bits per heavy atom. The van der Waals surface area contributed by atoms with E-state index in [1.165, 1.54) is 7.11 Å². The van der Waals surface area contributed by atoms with Gasteiger partial charge in [-0.25, -0.2) is 9.97 Å². The molecule has 1 aromatic carbocycles. The Labute approximate surface area is 210 Å². The molecule has 0 aliphatic carbocycles. The molecule has 0 spiro atoms. The largest absolute Gasteiger partial charge is 0.399 e. The normalized spacial score (nSPS) is 18.8. The van der Waals surface area contributed by atoms with Crippen molar-refractivity contribution in [3.8, 4) is 0 Å². The van der Waals surface area contributed by atoms with E-state index >= 15 is 0 Å². The van der Waals surface area contributed by atoms with Crippen molar-refractivity contribution in [2.24, 2.45) is 17.0 Å². The molecule has 0 atom stereocenters. The van der Waals surface area contributed by atoms with Gasteiger partial charge in [0.2, 0.25) is 11.9 Å². The summed E-state index contributed by atoms with van der Waals surface area (Å²) in [5.74, 6) is 0.815. The molecule has 2 aliphatic heterocycles. The van der Waals surface area contributed by atoms with Crippen molar-refractivity contribution in [2.75, 3.05) is 39.0 Å². The van der Waals surface area contributed by atoms with Gasteiger partial charge in [-0.1, -0.05) is 28.4 Å². The molecule has 1 amide bonds. The predicted octanol–water partition coefficient (Wildman–Crippen LogP) is 3.87. The molecule has 2 aromatic rings. The number of oxime groups is 1. The van der Waals surface area contributed by atoms with Gasteiger partial charge < -0.3 is 15.5 Å². The van der Waals surface area contributed by atoms with Crippen molar-refractivity contribution in [3.05, 3.63) is 51.8 Å². The minimum Gasteiger partial charge on any atom is -0.399 e. The highest BCUT2D eigenvalue weighted by atomic mass is 35.5. The van der Waals surface area contributed by atoms with Crippen molar-refractivity contribution in [2.45, 2.75) is 32.2 Å². The molecule has 1 aromatic heterocycles. The summed E-state index contributed by atoms with van der Waals surface area (Å²) >= 11 is 12.4. The smallest absolute Gasteiger partial charge is 0.225 e. The van der Waals surface area contributed by atoms with Crippen molar-refractivity contribution in [3.63, 3.8) is 0 Å². The highest BCUT2D eigenvalue weighted by molar-refractivity contribution is 6.35. The number of likely N-dealkylation sites (tertiary alicyclic amines) is 2. The van der Waals surface area contributed by atoms with Crippen LogP contribution < -0.4 is 5.73 Å². The molecule has 0 bridgehead atoms. The number of hydrogen-bond acceptors (Lipinski definition) is 7. The Bertz CT molecular complexity index is 996. The van der Waals surface area contributed by atoms with Crippen molar-refractivity contribution in [1.29, 1.82) is 0 Å². The number of benzene rings is 1. The summed E-state index contributed by atoms with van der Waals surface area (Å²) in [7, 11) is 1.54. The van der Waals surface area contributed by atoms with Gasteiger partial charge in [0.1, 0.15) is 7.11 Å². The summed E-state index contributed by atoms with van der Waals surface area (Å²) in [5.41, 5.74) is 8.30. The van der Waals surface area contributed by atoms with Crippen LogP contribution in [0.25, 0.3) is 0 Å². The molecular weight excluding hydrogens is 475 g/mol. The third-order valence-electron chi connectivity index (χ3n) is 6.61. The number of hydrogen-bond donors (Lipinski definition) is 1. The SMILES string of the molecule is CO/N=C(\c1cc(Cl)cc(Cl)c1)C1CCN(C(=O)C2CCN(Cc3cnc(N)nc3)CC2)CC1. The fourth-order valence-corrected chi connectivity index (χ4v) is 5.36. The van der Waals surface area contributed by atoms with Crippen LogP contribution in [0.3, 0.4) is 0 Å². The second-order valence-electron chi connectivity index (χ2n) is 8.92. The highest BCUT2D eigenvalue weighted by Gasteiger charge is 2.32. The zero-order chi connectivity index (χ0) is 24.1. The monoisotopic (exact) mass is 504 g/mol. The Morgan fingerprint density at radius 2 is 1.62 bits per heavy atom. The van der Waals surface area contributed by atoms with E-state index in [1.54, 1.807) is 18.5 Å². The first-order valence-electron chi connectivity index (χ1n) is 11.6. The third kappa shape index (κ3) is 6.17. The average molecular weight is 505 g/mol. The lowest BCUT2D eigenvalue weighted by molar-refractivity contribution is -0.138. The van der Waals surface area contributed by atoms with Crippen LogP contribution in [-0.2, 0) is 16.2 Å². The molecule has 10 heteroatoms. The zero-order valence-electron chi connectivity index (χ0n) is 19.3. The first kappa shape index (κ1) is 24.7. The highest BCUT2D eigenvalue weighted by Crippen LogP contribution is 2.29. The van der Waals surface area contributed by atoms with Gasteiger partial charge in [-0.15, -0.1) is 0 Å².